The first kappa shape index (κ1) is 18.9. The molecule has 0 atom stereocenters. The summed E-state index contributed by atoms with van der Waals surface area (Å²) in [6, 6.07) is 23.3. The molecule has 5 rings (SSSR count). The van der Waals surface area contributed by atoms with Gasteiger partial charge in [0.25, 0.3) is 0 Å². The minimum absolute atomic E-state index is 0.391. The van der Waals surface area contributed by atoms with Crippen molar-refractivity contribution in [3.63, 3.8) is 0 Å². The summed E-state index contributed by atoms with van der Waals surface area (Å²) in [5.41, 5.74) is 3.63. The molecular formula is C24H23BBrNO2. The van der Waals surface area contributed by atoms with Gasteiger partial charge >= 0.3 is 7.12 Å². The fraction of sp³-hybridized carbons (Fsp3) is 0.250. The number of hydrogen-bond donors (Lipinski definition) is 0. The van der Waals surface area contributed by atoms with Gasteiger partial charge in [-0.3, -0.25) is 0 Å². The predicted octanol–water partition coefficient (Wildman–Crippen LogP) is 5.85. The van der Waals surface area contributed by atoms with Crippen LogP contribution in [-0.4, -0.2) is 22.9 Å². The summed E-state index contributed by atoms with van der Waals surface area (Å²) < 4.78 is 16.1. The van der Waals surface area contributed by atoms with E-state index in [0.717, 1.165) is 15.6 Å². The van der Waals surface area contributed by atoms with Crippen LogP contribution in [0.5, 0.6) is 0 Å². The van der Waals surface area contributed by atoms with Crippen molar-refractivity contribution in [3.8, 4) is 5.69 Å². The van der Waals surface area contributed by atoms with Crippen molar-refractivity contribution in [3.05, 3.63) is 71.2 Å². The molecule has 0 spiro atoms. The second-order valence-corrected chi connectivity index (χ2v) is 9.49. The summed E-state index contributed by atoms with van der Waals surface area (Å²) >= 11 is 3.81. The molecule has 146 valence electrons. The Morgan fingerprint density at radius 1 is 0.724 bits per heavy atom. The van der Waals surface area contributed by atoms with Crippen LogP contribution >= 0.6 is 15.9 Å². The minimum atomic E-state index is -0.438. The first-order valence-corrected chi connectivity index (χ1v) is 10.7. The Bertz CT molecular complexity index is 1180. The molecule has 1 fully saturated rings. The average Bonchev–Trinajstić information content (AvgIpc) is 3.12. The molecule has 0 saturated carbocycles. The van der Waals surface area contributed by atoms with Crippen LogP contribution in [0.3, 0.4) is 0 Å². The van der Waals surface area contributed by atoms with E-state index < -0.39 is 18.3 Å². The predicted molar refractivity (Wildman–Crippen MR) is 124 cm³/mol. The third-order valence-corrected chi connectivity index (χ3v) is 6.97. The quantitative estimate of drug-likeness (QED) is 0.360. The van der Waals surface area contributed by atoms with Crippen molar-refractivity contribution >= 4 is 50.3 Å². The molecule has 0 unspecified atom stereocenters. The largest absolute Gasteiger partial charge is 0.497 e. The topological polar surface area (TPSA) is 23.4 Å². The van der Waals surface area contributed by atoms with Crippen molar-refractivity contribution in [2.45, 2.75) is 38.9 Å². The van der Waals surface area contributed by atoms with Crippen LogP contribution < -0.4 is 5.46 Å². The number of para-hydroxylation sites is 3. The Labute approximate surface area is 179 Å². The number of rotatable bonds is 2. The molecule has 0 radical (unpaired) electrons. The molecule has 3 aromatic carbocycles. The molecule has 1 aliphatic rings. The zero-order valence-electron chi connectivity index (χ0n) is 17.1. The van der Waals surface area contributed by atoms with Crippen LogP contribution in [0.15, 0.2) is 71.2 Å². The summed E-state index contributed by atoms with van der Waals surface area (Å²) in [7, 11) is -0.438. The van der Waals surface area contributed by atoms with Gasteiger partial charge in [0.05, 0.1) is 27.9 Å². The van der Waals surface area contributed by atoms with Crippen LogP contribution in [-0.2, 0) is 9.31 Å². The fourth-order valence-electron chi connectivity index (χ4n) is 4.09. The Morgan fingerprint density at radius 3 is 1.79 bits per heavy atom. The highest BCUT2D eigenvalue weighted by molar-refractivity contribution is 9.10. The van der Waals surface area contributed by atoms with Gasteiger partial charge in [-0.25, -0.2) is 0 Å². The molecule has 0 bridgehead atoms. The van der Waals surface area contributed by atoms with Crippen LogP contribution in [0.25, 0.3) is 27.5 Å². The van der Waals surface area contributed by atoms with Crippen LogP contribution in [0.2, 0.25) is 0 Å². The van der Waals surface area contributed by atoms with Gasteiger partial charge in [-0.1, -0.05) is 48.5 Å². The number of halogens is 1. The Hall–Kier alpha value is -2.08. The van der Waals surface area contributed by atoms with Gasteiger partial charge in [0.15, 0.2) is 0 Å². The monoisotopic (exact) mass is 447 g/mol. The van der Waals surface area contributed by atoms with E-state index in [1.807, 2.05) is 6.07 Å². The van der Waals surface area contributed by atoms with Crippen molar-refractivity contribution < 1.29 is 9.31 Å². The van der Waals surface area contributed by atoms with Crippen molar-refractivity contribution in [1.29, 1.82) is 0 Å². The molecule has 0 N–H and O–H groups in total. The molecule has 1 aliphatic heterocycles. The number of nitrogens with zero attached hydrogens (tertiary/aromatic N) is 1. The molecule has 4 aromatic rings. The fourth-order valence-corrected chi connectivity index (χ4v) is 4.65. The van der Waals surface area contributed by atoms with Gasteiger partial charge in [0.2, 0.25) is 0 Å². The minimum Gasteiger partial charge on any atom is -0.399 e. The van der Waals surface area contributed by atoms with E-state index in [1.165, 1.54) is 21.8 Å². The molecule has 0 aliphatic carbocycles. The second kappa shape index (κ2) is 6.46. The summed E-state index contributed by atoms with van der Waals surface area (Å²) in [5.74, 6) is 0. The van der Waals surface area contributed by atoms with Gasteiger partial charge in [0, 0.05) is 20.7 Å². The zero-order valence-corrected chi connectivity index (χ0v) is 18.7. The number of hydrogen-bond acceptors (Lipinski definition) is 2. The third-order valence-electron chi connectivity index (χ3n) is 6.33. The number of benzene rings is 3. The third kappa shape index (κ3) is 2.79. The Kier molecular flexibility index (Phi) is 4.22. The lowest BCUT2D eigenvalue weighted by Gasteiger charge is -2.32. The molecule has 1 saturated heterocycles. The van der Waals surface area contributed by atoms with E-state index >= 15 is 0 Å². The maximum absolute atomic E-state index is 6.41. The summed E-state index contributed by atoms with van der Waals surface area (Å²) in [5, 5.41) is 2.47. The van der Waals surface area contributed by atoms with E-state index in [2.05, 4.69) is 109 Å². The Morgan fingerprint density at radius 2 is 1.24 bits per heavy atom. The zero-order chi connectivity index (χ0) is 20.4. The van der Waals surface area contributed by atoms with Crippen molar-refractivity contribution in [1.82, 2.24) is 4.57 Å². The number of fused-ring (bicyclic) bond motifs is 3. The lowest BCUT2D eigenvalue weighted by atomic mass is 9.77. The van der Waals surface area contributed by atoms with E-state index in [9.17, 15) is 0 Å². The summed E-state index contributed by atoms with van der Waals surface area (Å²) in [6.45, 7) is 8.35. The van der Waals surface area contributed by atoms with Crippen LogP contribution in [0.1, 0.15) is 27.7 Å². The molecule has 3 nitrogen and oxygen atoms in total. The molecular weight excluding hydrogens is 425 g/mol. The summed E-state index contributed by atoms with van der Waals surface area (Å²) in [4.78, 5) is 0. The van der Waals surface area contributed by atoms with Crippen LogP contribution in [0, 0.1) is 0 Å². The van der Waals surface area contributed by atoms with E-state index in [4.69, 9.17) is 9.31 Å². The standard InChI is InChI=1S/C24H23BBrNO2/c1-23(2)24(3,4)29-25(28-23)18-12-9-13-19(26)22(18)27-20-14-7-5-10-16(20)17-11-6-8-15-21(17)27/h5-15H,1-4H3. The van der Waals surface area contributed by atoms with Crippen LogP contribution in [0.4, 0.5) is 0 Å². The maximum Gasteiger partial charge on any atom is 0.497 e. The molecule has 0 amide bonds. The molecule has 2 heterocycles. The highest BCUT2D eigenvalue weighted by Gasteiger charge is 2.52. The lowest BCUT2D eigenvalue weighted by Crippen LogP contribution is -2.41. The SMILES string of the molecule is CC1(C)OB(c2cccc(Br)c2-n2c3ccccc3c3ccccc32)OC1(C)C. The molecule has 29 heavy (non-hydrogen) atoms. The smallest absolute Gasteiger partial charge is 0.399 e. The van der Waals surface area contributed by atoms with Gasteiger partial charge in [0.1, 0.15) is 0 Å². The van der Waals surface area contributed by atoms with E-state index in [-0.39, 0.29) is 0 Å². The Balaban J connectivity index is 1.81. The van der Waals surface area contributed by atoms with Crippen molar-refractivity contribution in [2.24, 2.45) is 0 Å². The molecule has 5 heteroatoms. The maximum atomic E-state index is 6.41. The highest BCUT2D eigenvalue weighted by Crippen LogP contribution is 2.39. The normalized spacial score (nSPS) is 18.0. The van der Waals surface area contributed by atoms with E-state index in [1.54, 1.807) is 0 Å². The summed E-state index contributed by atoms with van der Waals surface area (Å²) in [6.07, 6.45) is 0. The van der Waals surface area contributed by atoms with Gasteiger partial charge < -0.3 is 13.9 Å². The number of aromatic nitrogens is 1. The highest BCUT2D eigenvalue weighted by atomic mass is 79.9. The van der Waals surface area contributed by atoms with Gasteiger partial charge in [-0.2, -0.15) is 0 Å². The first-order chi connectivity index (χ1) is 13.8. The second-order valence-electron chi connectivity index (χ2n) is 8.64. The first-order valence-electron chi connectivity index (χ1n) is 9.93. The lowest BCUT2D eigenvalue weighted by molar-refractivity contribution is 0.00578. The van der Waals surface area contributed by atoms with E-state index in [0.29, 0.717) is 0 Å². The van der Waals surface area contributed by atoms with Gasteiger partial charge in [-0.15, -0.1) is 0 Å². The average molecular weight is 448 g/mol. The molecule has 1 aromatic heterocycles. The van der Waals surface area contributed by atoms with Crippen molar-refractivity contribution in [2.75, 3.05) is 0 Å². The van der Waals surface area contributed by atoms with Gasteiger partial charge in [-0.05, 0) is 61.8 Å².